The highest BCUT2D eigenvalue weighted by atomic mass is 35.5. The number of H-pyrrole nitrogens is 1. The minimum absolute atomic E-state index is 0.297. The van der Waals surface area contributed by atoms with Crippen LogP contribution in [0.2, 0.25) is 5.15 Å². The molecule has 1 heterocycles. The Kier molecular flexibility index (Phi) is 3.27. The average molecular weight is 204 g/mol. The van der Waals surface area contributed by atoms with Gasteiger partial charge in [-0.25, -0.2) is 4.98 Å². The van der Waals surface area contributed by atoms with E-state index >= 15 is 0 Å². The van der Waals surface area contributed by atoms with Gasteiger partial charge in [0.25, 0.3) is 0 Å². The van der Waals surface area contributed by atoms with Gasteiger partial charge >= 0.3 is 5.97 Å². The summed E-state index contributed by atoms with van der Waals surface area (Å²) in [5.41, 5.74) is 6.15. The molecule has 0 aliphatic carbocycles. The van der Waals surface area contributed by atoms with Crippen LogP contribution in [-0.4, -0.2) is 29.1 Å². The van der Waals surface area contributed by atoms with E-state index in [9.17, 15) is 4.79 Å². The molecule has 0 unspecified atom stereocenters. The number of hydrogen-bond acceptors (Lipinski definition) is 4. The summed E-state index contributed by atoms with van der Waals surface area (Å²) in [6.45, 7) is 0. The van der Waals surface area contributed by atoms with Crippen molar-refractivity contribution in [1.29, 1.82) is 0 Å². The molecule has 0 amide bonds. The topological polar surface area (TPSA) is 81.0 Å². The maximum absolute atomic E-state index is 10.9. The van der Waals surface area contributed by atoms with Crippen LogP contribution < -0.4 is 5.73 Å². The summed E-state index contributed by atoms with van der Waals surface area (Å²) in [5.74, 6) is -0.467. The maximum atomic E-state index is 10.9. The normalized spacial score (nSPS) is 12.5. The monoisotopic (exact) mass is 203 g/mol. The lowest BCUT2D eigenvalue weighted by atomic mass is 10.2. The van der Waals surface area contributed by atoms with Gasteiger partial charge in [-0.05, 0) is 0 Å². The third-order valence-electron chi connectivity index (χ3n) is 1.59. The van der Waals surface area contributed by atoms with Gasteiger partial charge in [-0.3, -0.25) is 4.79 Å². The van der Waals surface area contributed by atoms with Gasteiger partial charge in [-0.1, -0.05) is 11.6 Å². The van der Waals surface area contributed by atoms with Gasteiger partial charge in [0.05, 0.1) is 19.1 Å². The number of aromatic amines is 1. The van der Waals surface area contributed by atoms with Crippen LogP contribution in [0, 0.1) is 0 Å². The van der Waals surface area contributed by atoms with Crippen molar-refractivity contribution in [3.05, 3.63) is 17.2 Å². The number of carbonyl (C=O) groups excluding carboxylic acids is 1. The number of hydrogen-bond donors (Lipinski definition) is 2. The van der Waals surface area contributed by atoms with E-state index in [0.717, 1.165) is 0 Å². The van der Waals surface area contributed by atoms with Crippen LogP contribution in [0.25, 0.3) is 0 Å². The molecule has 1 atom stereocenters. The zero-order valence-corrected chi connectivity index (χ0v) is 7.84. The first kappa shape index (κ1) is 10.0. The first-order valence-corrected chi connectivity index (χ1v) is 4.04. The minimum atomic E-state index is -0.706. The molecule has 0 radical (unpaired) electrons. The predicted octanol–water partition coefficient (Wildman–Crippen LogP) is 0.106. The summed E-state index contributed by atoms with van der Waals surface area (Å²) in [6, 6.07) is -0.706. The van der Waals surface area contributed by atoms with E-state index in [-0.39, 0.29) is 0 Å². The summed E-state index contributed by atoms with van der Waals surface area (Å²) in [7, 11) is 1.29. The second-order valence-corrected chi connectivity index (χ2v) is 2.86. The van der Waals surface area contributed by atoms with Crippen molar-refractivity contribution in [3.8, 4) is 0 Å². The van der Waals surface area contributed by atoms with Crippen molar-refractivity contribution in [2.24, 2.45) is 5.73 Å². The number of nitrogens with zero attached hydrogens (tertiary/aromatic N) is 1. The highest BCUT2D eigenvalue weighted by molar-refractivity contribution is 6.30. The van der Waals surface area contributed by atoms with Crippen molar-refractivity contribution in [1.82, 2.24) is 9.97 Å². The van der Waals surface area contributed by atoms with E-state index in [1.807, 2.05) is 0 Å². The van der Waals surface area contributed by atoms with Gasteiger partial charge in [-0.2, -0.15) is 0 Å². The summed E-state index contributed by atoms with van der Waals surface area (Å²) in [4.78, 5) is 17.5. The first-order valence-electron chi connectivity index (χ1n) is 3.66. The van der Waals surface area contributed by atoms with E-state index in [0.29, 0.717) is 17.3 Å². The Hall–Kier alpha value is -1.07. The lowest BCUT2D eigenvalue weighted by Crippen LogP contribution is -2.33. The first-order chi connectivity index (χ1) is 6.15. The van der Waals surface area contributed by atoms with E-state index < -0.39 is 12.0 Å². The summed E-state index contributed by atoms with van der Waals surface area (Å²) in [6.07, 6.45) is 1.74. The van der Waals surface area contributed by atoms with Crippen LogP contribution in [-0.2, 0) is 16.0 Å². The quantitative estimate of drug-likeness (QED) is 0.683. The molecule has 3 N–H and O–H groups in total. The van der Waals surface area contributed by atoms with Crippen LogP contribution in [0.3, 0.4) is 0 Å². The number of ether oxygens (including phenoxy) is 1. The van der Waals surface area contributed by atoms with E-state index in [2.05, 4.69) is 14.7 Å². The molecule has 13 heavy (non-hydrogen) atoms. The number of nitrogens with one attached hydrogen (secondary N) is 1. The number of imidazole rings is 1. The standard InChI is InChI=1S/C7H10ClN3O2/c1-13-7(12)4(9)2-5-6(8)11-3-10-5/h3-4H,2,9H2,1H3,(H,10,11)/t4-/m0/s1. The molecule has 0 bridgehead atoms. The second kappa shape index (κ2) is 4.25. The molecule has 1 aromatic rings. The van der Waals surface area contributed by atoms with Gasteiger partial charge < -0.3 is 15.5 Å². The third-order valence-corrected chi connectivity index (χ3v) is 1.92. The molecule has 5 nitrogen and oxygen atoms in total. The molecule has 0 spiro atoms. The maximum Gasteiger partial charge on any atom is 0.323 e. The molecule has 6 heteroatoms. The highest BCUT2D eigenvalue weighted by Gasteiger charge is 2.16. The van der Waals surface area contributed by atoms with Crippen LogP contribution in [0.1, 0.15) is 5.69 Å². The van der Waals surface area contributed by atoms with Gasteiger partial charge in [0.1, 0.15) is 11.2 Å². The Bertz CT molecular complexity index is 300. The van der Waals surface area contributed by atoms with Crippen molar-refractivity contribution in [3.63, 3.8) is 0 Å². The Labute approximate surface area is 80.2 Å². The summed E-state index contributed by atoms with van der Waals surface area (Å²) < 4.78 is 4.46. The molecule has 0 fully saturated rings. The Morgan fingerprint density at radius 3 is 3.08 bits per heavy atom. The van der Waals surface area contributed by atoms with Crippen molar-refractivity contribution in [2.45, 2.75) is 12.5 Å². The van der Waals surface area contributed by atoms with Gasteiger partial charge in [0.2, 0.25) is 0 Å². The minimum Gasteiger partial charge on any atom is -0.468 e. The van der Waals surface area contributed by atoms with Gasteiger partial charge in [-0.15, -0.1) is 0 Å². The number of halogens is 1. The molecule has 1 rings (SSSR count). The summed E-state index contributed by atoms with van der Waals surface area (Å²) >= 11 is 5.68. The summed E-state index contributed by atoms with van der Waals surface area (Å²) in [5, 5.41) is 0.333. The number of methoxy groups -OCH3 is 1. The zero-order chi connectivity index (χ0) is 9.84. The molecular weight excluding hydrogens is 194 g/mol. The van der Waals surface area contributed by atoms with Crippen LogP contribution in [0.15, 0.2) is 6.33 Å². The molecule has 0 saturated heterocycles. The molecule has 0 aliphatic heterocycles. The Morgan fingerprint density at radius 1 is 1.92 bits per heavy atom. The fraction of sp³-hybridized carbons (Fsp3) is 0.429. The Balaban J connectivity index is 2.59. The zero-order valence-electron chi connectivity index (χ0n) is 7.08. The predicted molar refractivity (Wildman–Crippen MR) is 47.3 cm³/mol. The SMILES string of the molecule is COC(=O)[C@@H](N)Cc1[nH]cnc1Cl. The number of aromatic nitrogens is 2. The Morgan fingerprint density at radius 2 is 2.62 bits per heavy atom. The van der Waals surface area contributed by atoms with Gasteiger partial charge in [0, 0.05) is 6.42 Å². The molecule has 0 aliphatic rings. The number of rotatable bonds is 3. The molecular formula is C7H10ClN3O2. The lowest BCUT2D eigenvalue weighted by molar-refractivity contribution is -0.142. The number of esters is 1. The highest BCUT2D eigenvalue weighted by Crippen LogP contribution is 2.11. The smallest absolute Gasteiger partial charge is 0.323 e. The van der Waals surface area contributed by atoms with Crippen LogP contribution in [0.4, 0.5) is 0 Å². The molecule has 1 aromatic heterocycles. The van der Waals surface area contributed by atoms with E-state index in [1.54, 1.807) is 0 Å². The molecule has 72 valence electrons. The van der Waals surface area contributed by atoms with Crippen LogP contribution in [0.5, 0.6) is 0 Å². The van der Waals surface area contributed by atoms with Crippen LogP contribution >= 0.6 is 11.6 Å². The van der Waals surface area contributed by atoms with Gasteiger partial charge in [0.15, 0.2) is 0 Å². The van der Waals surface area contributed by atoms with E-state index in [4.69, 9.17) is 17.3 Å². The lowest BCUT2D eigenvalue weighted by Gasteiger charge is -2.07. The number of carbonyl (C=O) groups is 1. The molecule has 0 aromatic carbocycles. The molecule has 0 saturated carbocycles. The fourth-order valence-electron chi connectivity index (χ4n) is 0.902. The average Bonchev–Trinajstić information content (AvgIpc) is 2.50. The van der Waals surface area contributed by atoms with Crippen molar-refractivity contribution >= 4 is 17.6 Å². The fourth-order valence-corrected chi connectivity index (χ4v) is 1.08. The largest absolute Gasteiger partial charge is 0.468 e. The second-order valence-electron chi connectivity index (χ2n) is 2.51. The van der Waals surface area contributed by atoms with E-state index in [1.165, 1.54) is 13.4 Å². The number of nitrogens with two attached hydrogens (primary N) is 1. The third kappa shape index (κ3) is 2.43. The van der Waals surface area contributed by atoms with Crippen molar-refractivity contribution in [2.75, 3.05) is 7.11 Å². The van der Waals surface area contributed by atoms with Crippen molar-refractivity contribution < 1.29 is 9.53 Å².